The minimum absolute atomic E-state index is 0.317. The Hall–Kier alpha value is -1.91. The van der Waals surface area contributed by atoms with Crippen molar-refractivity contribution in [2.45, 2.75) is 27.4 Å². The second-order valence-corrected chi connectivity index (χ2v) is 2.75. The number of hydrogen-bond donors (Lipinski definition) is 0. The monoisotopic (exact) mass is 221 g/mol. The first-order chi connectivity index (χ1) is 7.84. The summed E-state index contributed by atoms with van der Waals surface area (Å²) in [5, 5.41) is 0. The van der Waals surface area contributed by atoms with Gasteiger partial charge in [-0.05, 0) is 6.92 Å². The average Bonchev–Trinajstić information content (AvgIpc) is 2.84. The van der Waals surface area contributed by atoms with E-state index in [2.05, 4.69) is 15.0 Å². The smallest absolute Gasteiger partial charge is 0.232 e. The minimum Gasteiger partial charge on any atom is -0.468 e. The van der Waals surface area contributed by atoms with Gasteiger partial charge in [-0.3, -0.25) is 4.98 Å². The van der Waals surface area contributed by atoms with Crippen LogP contribution in [0.2, 0.25) is 0 Å². The molecular weight excluding hydrogens is 206 g/mol. The van der Waals surface area contributed by atoms with Gasteiger partial charge in [-0.2, -0.15) is 0 Å². The third-order valence-electron chi connectivity index (χ3n) is 1.60. The number of rotatable bonds is 3. The quantitative estimate of drug-likeness (QED) is 0.796. The molecule has 0 aliphatic rings. The fourth-order valence-electron chi connectivity index (χ4n) is 0.914. The first kappa shape index (κ1) is 12.2. The Bertz CT molecular complexity index is 384. The Morgan fingerprint density at radius 1 is 1.19 bits per heavy atom. The topological polar surface area (TPSA) is 61.0 Å². The summed E-state index contributed by atoms with van der Waals surface area (Å²) in [6.07, 6.45) is 6.18. The van der Waals surface area contributed by atoms with Crippen LogP contribution in [0.25, 0.3) is 0 Å². The highest BCUT2D eigenvalue weighted by Crippen LogP contribution is 2.06. The van der Waals surface area contributed by atoms with Gasteiger partial charge in [0, 0.05) is 0 Å². The lowest BCUT2D eigenvalue weighted by Gasteiger charge is -2.01. The number of aryl methyl sites for hydroxylation is 1. The Labute approximate surface area is 94.5 Å². The highest BCUT2D eigenvalue weighted by molar-refractivity contribution is 5.06. The molecule has 2 heterocycles. The Morgan fingerprint density at radius 2 is 2.00 bits per heavy atom. The summed E-state index contributed by atoms with van der Waals surface area (Å²) in [5.74, 6) is 1.14. The predicted molar refractivity (Wildman–Crippen MR) is 59.0 cm³/mol. The summed E-state index contributed by atoms with van der Waals surface area (Å²) in [6.45, 7) is 6.19. The molecule has 0 saturated heterocycles. The second-order valence-electron chi connectivity index (χ2n) is 2.75. The fourth-order valence-corrected chi connectivity index (χ4v) is 0.914. The molecule has 5 nitrogen and oxygen atoms in total. The summed E-state index contributed by atoms with van der Waals surface area (Å²) in [4.78, 5) is 11.8. The van der Waals surface area contributed by atoms with Crippen LogP contribution in [0.1, 0.15) is 25.3 Å². The van der Waals surface area contributed by atoms with Crippen LogP contribution >= 0.6 is 0 Å². The van der Waals surface area contributed by atoms with E-state index in [4.69, 9.17) is 9.15 Å². The van der Waals surface area contributed by atoms with Crippen LogP contribution in [-0.4, -0.2) is 15.0 Å². The van der Waals surface area contributed by atoms with Gasteiger partial charge >= 0.3 is 0 Å². The molecule has 0 aliphatic heterocycles. The SMILES string of the molecule is CC.Cc1cnc(OCc2cnco2)cn1. The van der Waals surface area contributed by atoms with E-state index in [1.807, 2.05) is 20.8 Å². The standard InChI is InChI=1S/C9H9N3O2.C2H6/c1-7-2-12-9(4-11-7)13-5-8-3-10-6-14-8;1-2/h2-4,6H,5H2,1H3;1-2H3. The average molecular weight is 221 g/mol. The Kier molecular flexibility index (Phi) is 4.98. The summed E-state index contributed by atoms with van der Waals surface area (Å²) < 4.78 is 10.3. The molecule has 16 heavy (non-hydrogen) atoms. The van der Waals surface area contributed by atoms with Crippen LogP contribution in [0.5, 0.6) is 5.88 Å². The number of hydrogen-bond acceptors (Lipinski definition) is 5. The van der Waals surface area contributed by atoms with Gasteiger partial charge in [0.05, 0.1) is 24.3 Å². The third-order valence-corrected chi connectivity index (χ3v) is 1.60. The van der Waals surface area contributed by atoms with Crippen molar-refractivity contribution in [3.8, 4) is 5.88 Å². The van der Waals surface area contributed by atoms with Crippen LogP contribution in [0, 0.1) is 6.92 Å². The van der Waals surface area contributed by atoms with Crippen molar-refractivity contribution < 1.29 is 9.15 Å². The van der Waals surface area contributed by atoms with Crippen molar-refractivity contribution >= 4 is 0 Å². The lowest BCUT2D eigenvalue weighted by Crippen LogP contribution is -1.96. The fraction of sp³-hybridized carbons (Fsp3) is 0.364. The second kappa shape index (κ2) is 6.55. The van der Waals surface area contributed by atoms with E-state index in [1.54, 1.807) is 18.6 Å². The Balaban J connectivity index is 0.000000606. The molecule has 0 aromatic carbocycles. The van der Waals surface area contributed by atoms with E-state index in [9.17, 15) is 0 Å². The lowest BCUT2D eigenvalue weighted by atomic mass is 10.5. The molecule has 0 atom stereocenters. The highest BCUT2D eigenvalue weighted by atomic mass is 16.5. The molecule has 0 N–H and O–H groups in total. The van der Waals surface area contributed by atoms with Crippen LogP contribution in [0.4, 0.5) is 0 Å². The molecule has 2 aromatic rings. The largest absolute Gasteiger partial charge is 0.468 e. The first-order valence-electron chi connectivity index (χ1n) is 5.13. The van der Waals surface area contributed by atoms with Crippen molar-refractivity contribution in [1.82, 2.24) is 15.0 Å². The maximum Gasteiger partial charge on any atom is 0.232 e. The van der Waals surface area contributed by atoms with Crippen molar-refractivity contribution in [3.05, 3.63) is 36.4 Å². The van der Waals surface area contributed by atoms with Crippen molar-refractivity contribution in [1.29, 1.82) is 0 Å². The number of nitrogens with zero attached hydrogens (tertiary/aromatic N) is 3. The maximum atomic E-state index is 5.30. The number of ether oxygens (including phenoxy) is 1. The van der Waals surface area contributed by atoms with E-state index in [1.165, 1.54) is 6.39 Å². The molecule has 0 unspecified atom stereocenters. The van der Waals surface area contributed by atoms with Crippen molar-refractivity contribution in [2.75, 3.05) is 0 Å². The molecule has 0 amide bonds. The lowest BCUT2D eigenvalue weighted by molar-refractivity contribution is 0.259. The molecule has 2 aromatic heterocycles. The van der Waals surface area contributed by atoms with Gasteiger partial charge in [-0.1, -0.05) is 13.8 Å². The normalized spacial score (nSPS) is 9.19. The summed E-state index contributed by atoms with van der Waals surface area (Å²) in [5.41, 5.74) is 0.858. The third kappa shape index (κ3) is 3.68. The van der Waals surface area contributed by atoms with Crippen LogP contribution in [-0.2, 0) is 6.61 Å². The van der Waals surface area contributed by atoms with E-state index in [-0.39, 0.29) is 0 Å². The highest BCUT2D eigenvalue weighted by Gasteiger charge is 1.99. The van der Waals surface area contributed by atoms with E-state index in [0.29, 0.717) is 18.2 Å². The molecular formula is C11H15N3O2. The maximum absolute atomic E-state index is 5.30. The van der Waals surface area contributed by atoms with E-state index in [0.717, 1.165) is 5.69 Å². The molecule has 0 spiro atoms. The first-order valence-corrected chi connectivity index (χ1v) is 5.13. The molecule has 2 rings (SSSR count). The van der Waals surface area contributed by atoms with Gasteiger partial charge < -0.3 is 9.15 Å². The molecule has 86 valence electrons. The molecule has 0 aliphatic carbocycles. The van der Waals surface area contributed by atoms with Gasteiger partial charge in [0.2, 0.25) is 5.88 Å². The molecule has 0 saturated carbocycles. The van der Waals surface area contributed by atoms with E-state index >= 15 is 0 Å². The van der Waals surface area contributed by atoms with Gasteiger partial charge in [-0.15, -0.1) is 0 Å². The molecule has 5 heteroatoms. The van der Waals surface area contributed by atoms with Crippen LogP contribution in [0.3, 0.4) is 0 Å². The summed E-state index contributed by atoms with van der Waals surface area (Å²) in [6, 6.07) is 0. The zero-order valence-corrected chi connectivity index (χ0v) is 9.67. The Morgan fingerprint density at radius 3 is 2.56 bits per heavy atom. The van der Waals surface area contributed by atoms with Gasteiger partial charge in [0.25, 0.3) is 0 Å². The minimum atomic E-state index is 0.317. The van der Waals surface area contributed by atoms with Crippen molar-refractivity contribution in [2.24, 2.45) is 0 Å². The van der Waals surface area contributed by atoms with Crippen LogP contribution in [0.15, 0.2) is 29.4 Å². The van der Waals surface area contributed by atoms with Gasteiger partial charge in [0.1, 0.15) is 6.61 Å². The number of oxazole rings is 1. The van der Waals surface area contributed by atoms with Gasteiger partial charge in [-0.25, -0.2) is 9.97 Å². The number of aromatic nitrogens is 3. The zero-order valence-electron chi connectivity index (χ0n) is 9.67. The molecule has 0 fully saturated rings. The van der Waals surface area contributed by atoms with Gasteiger partial charge in [0.15, 0.2) is 12.2 Å². The molecule has 0 bridgehead atoms. The zero-order chi connectivity index (χ0) is 11.8. The summed E-state index contributed by atoms with van der Waals surface area (Å²) >= 11 is 0. The predicted octanol–water partition coefficient (Wildman–Crippen LogP) is 2.38. The van der Waals surface area contributed by atoms with E-state index < -0.39 is 0 Å². The molecule has 0 radical (unpaired) electrons. The summed E-state index contributed by atoms with van der Waals surface area (Å²) in [7, 11) is 0. The van der Waals surface area contributed by atoms with Crippen LogP contribution < -0.4 is 4.74 Å². The van der Waals surface area contributed by atoms with Crippen molar-refractivity contribution in [3.63, 3.8) is 0 Å².